The minimum Gasteiger partial charge on any atom is -0.465 e. The Kier molecular flexibility index (Phi) is 4.87. The molecule has 1 heterocycles. The van der Waals surface area contributed by atoms with Crippen molar-refractivity contribution in [3.8, 4) is 0 Å². The largest absolute Gasteiger partial charge is 0.465 e. The van der Waals surface area contributed by atoms with Crippen LogP contribution in [0.2, 0.25) is 0 Å². The third-order valence-corrected chi connectivity index (χ3v) is 3.12. The molecular weight excluding hydrogens is 271 g/mol. The maximum Gasteiger partial charge on any atom is 0.339 e. The van der Waals surface area contributed by atoms with Gasteiger partial charge >= 0.3 is 5.97 Å². The number of anilines is 1. The number of methoxy groups -OCH3 is 1. The summed E-state index contributed by atoms with van der Waals surface area (Å²) in [6, 6.07) is 9.84. The predicted molar refractivity (Wildman–Crippen MR) is 78.9 cm³/mol. The zero-order valence-corrected chi connectivity index (χ0v) is 12.0. The van der Waals surface area contributed by atoms with E-state index in [4.69, 9.17) is 0 Å². The van der Waals surface area contributed by atoms with E-state index in [-0.39, 0.29) is 5.82 Å². The Hall–Kier alpha value is -2.43. The van der Waals surface area contributed by atoms with Gasteiger partial charge in [0.25, 0.3) is 0 Å². The van der Waals surface area contributed by atoms with Crippen molar-refractivity contribution in [3.63, 3.8) is 0 Å². The zero-order chi connectivity index (χ0) is 15.2. The van der Waals surface area contributed by atoms with Crippen molar-refractivity contribution in [1.82, 2.24) is 4.98 Å². The number of benzene rings is 1. The number of aryl methyl sites for hydroxylation is 1. The molecule has 5 heteroatoms. The summed E-state index contributed by atoms with van der Waals surface area (Å²) in [4.78, 5) is 15.8. The van der Waals surface area contributed by atoms with Crippen LogP contribution in [0.4, 0.5) is 10.2 Å². The van der Waals surface area contributed by atoms with Crippen LogP contribution in [-0.2, 0) is 11.2 Å². The molecule has 0 fully saturated rings. The van der Waals surface area contributed by atoms with E-state index in [1.165, 1.54) is 19.2 Å². The molecule has 0 aliphatic carbocycles. The normalized spacial score (nSPS) is 10.2. The Labute approximate surface area is 123 Å². The van der Waals surface area contributed by atoms with E-state index < -0.39 is 5.97 Å². The van der Waals surface area contributed by atoms with Crippen LogP contribution in [0.15, 0.2) is 36.4 Å². The molecule has 0 bridgehead atoms. The number of aromatic nitrogens is 1. The van der Waals surface area contributed by atoms with Crippen LogP contribution < -0.4 is 5.32 Å². The number of hydrogen-bond donors (Lipinski definition) is 1. The Morgan fingerprint density at radius 3 is 2.57 bits per heavy atom. The van der Waals surface area contributed by atoms with E-state index in [2.05, 4.69) is 15.0 Å². The number of nitrogens with zero attached hydrogens (tertiary/aromatic N) is 1. The van der Waals surface area contributed by atoms with Gasteiger partial charge in [0.15, 0.2) is 0 Å². The average Bonchev–Trinajstić information content (AvgIpc) is 2.49. The Bertz CT molecular complexity index is 627. The molecule has 0 atom stereocenters. The lowest BCUT2D eigenvalue weighted by atomic mass is 10.1. The summed E-state index contributed by atoms with van der Waals surface area (Å²) >= 11 is 0. The average molecular weight is 288 g/mol. The van der Waals surface area contributed by atoms with Gasteiger partial charge in [-0.05, 0) is 43.2 Å². The number of nitrogens with one attached hydrogen (secondary N) is 1. The highest BCUT2D eigenvalue weighted by molar-refractivity contribution is 5.90. The molecule has 2 aromatic rings. The SMILES string of the molecule is COC(=O)c1ccc(NCCc2ccc(F)cc2)nc1C. The number of esters is 1. The highest BCUT2D eigenvalue weighted by atomic mass is 19.1. The summed E-state index contributed by atoms with van der Waals surface area (Å²) in [6.07, 6.45) is 0.764. The highest BCUT2D eigenvalue weighted by Crippen LogP contribution is 2.12. The molecule has 21 heavy (non-hydrogen) atoms. The first-order valence-corrected chi connectivity index (χ1v) is 6.64. The second-order valence-electron chi connectivity index (χ2n) is 4.62. The van der Waals surface area contributed by atoms with Crippen molar-refractivity contribution < 1.29 is 13.9 Å². The molecule has 0 saturated heterocycles. The Morgan fingerprint density at radius 1 is 1.24 bits per heavy atom. The second-order valence-corrected chi connectivity index (χ2v) is 4.62. The van der Waals surface area contributed by atoms with Crippen molar-refractivity contribution >= 4 is 11.8 Å². The van der Waals surface area contributed by atoms with Gasteiger partial charge in [-0.2, -0.15) is 0 Å². The molecule has 0 spiro atoms. The van der Waals surface area contributed by atoms with Crippen LogP contribution in [0.5, 0.6) is 0 Å². The van der Waals surface area contributed by atoms with Gasteiger partial charge in [0.05, 0.1) is 18.4 Å². The molecule has 0 amide bonds. The van der Waals surface area contributed by atoms with E-state index in [0.29, 0.717) is 23.6 Å². The van der Waals surface area contributed by atoms with E-state index in [1.54, 1.807) is 31.2 Å². The quantitative estimate of drug-likeness (QED) is 0.859. The number of carbonyl (C=O) groups excluding carboxylic acids is 1. The molecule has 0 radical (unpaired) electrons. The lowest BCUT2D eigenvalue weighted by Gasteiger charge is -2.08. The van der Waals surface area contributed by atoms with Crippen molar-refractivity contribution in [2.45, 2.75) is 13.3 Å². The molecule has 2 rings (SSSR count). The first-order chi connectivity index (χ1) is 10.1. The van der Waals surface area contributed by atoms with Gasteiger partial charge in [-0.1, -0.05) is 12.1 Å². The topological polar surface area (TPSA) is 51.2 Å². The molecule has 110 valence electrons. The predicted octanol–water partition coefficient (Wildman–Crippen LogP) is 2.97. The lowest BCUT2D eigenvalue weighted by Crippen LogP contribution is -2.10. The third-order valence-electron chi connectivity index (χ3n) is 3.12. The number of carbonyl (C=O) groups is 1. The molecule has 1 N–H and O–H groups in total. The molecule has 0 unspecified atom stereocenters. The fourth-order valence-corrected chi connectivity index (χ4v) is 1.97. The van der Waals surface area contributed by atoms with E-state index >= 15 is 0 Å². The monoisotopic (exact) mass is 288 g/mol. The second kappa shape index (κ2) is 6.83. The maximum atomic E-state index is 12.8. The summed E-state index contributed by atoms with van der Waals surface area (Å²) in [5, 5.41) is 3.18. The van der Waals surface area contributed by atoms with Gasteiger partial charge in [0.1, 0.15) is 11.6 Å². The summed E-state index contributed by atoms with van der Waals surface area (Å²) in [7, 11) is 1.34. The number of rotatable bonds is 5. The molecule has 1 aromatic carbocycles. The standard InChI is InChI=1S/C16H17FN2O2/c1-11-14(16(20)21-2)7-8-15(19-11)18-10-9-12-3-5-13(17)6-4-12/h3-8H,9-10H2,1-2H3,(H,18,19). The molecule has 0 saturated carbocycles. The number of hydrogen-bond acceptors (Lipinski definition) is 4. The number of halogens is 1. The number of pyridine rings is 1. The van der Waals surface area contributed by atoms with Crippen LogP contribution in [0.1, 0.15) is 21.6 Å². The smallest absolute Gasteiger partial charge is 0.339 e. The highest BCUT2D eigenvalue weighted by Gasteiger charge is 2.10. The third kappa shape index (κ3) is 4.02. The van der Waals surface area contributed by atoms with E-state index in [9.17, 15) is 9.18 Å². The van der Waals surface area contributed by atoms with E-state index in [1.807, 2.05) is 0 Å². The van der Waals surface area contributed by atoms with Gasteiger partial charge in [-0.3, -0.25) is 0 Å². The zero-order valence-electron chi connectivity index (χ0n) is 12.0. The minimum absolute atomic E-state index is 0.234. The van der Waals surface area contributed by atoms with Crippen molar-refractivity contribution in [3.05, 3.63) is 59.0 Å². The van der Waals surface area contributed by atoms with Crippen LogP contribution in [0, 0.1) is 12.7 Å². The molecule has 0 aliphatic heterocycles. The van der Waals surface area contributed by atoms with Gasteiger partial charge in [-0.25, -0.2) is 14.2 Å². The van der Waals surface area contributed by atoms with Gasteiger partial charge in [-0.15, -0.1) is 0 Å². The Balaban J connectivity index is 1.93. The summed E-state index contributed by atoms with van der Waals surface area (Å²) < 4.78 is 17.5. The summed E-state index contributed by atoms with van der Waals surface area (Å²) in [6.45, 7) is 2.44. The van der Waals surface area contributed by atoms with Crippen LogP contribution in [-0.4, -0.2) is 24.6 Å². The van der Waals surface area contributed by atoms with Gasteiger partial charge < -0.3 is 10.1 Å². The molecular formula is C16H17FN2O2. The van der Waals surface area contributed by atoms with Crippen LogP contribution in [0.3, 0.4) is 0 Å². The van der Waals surface area contributed by atoms with Crippen LogP contribution in [0.25, 0.3) is 0 Å². The first-order valence-electron chi connectivity index (χ1n) is 6.64. The fraction of sp³-hybridized carbons (Fsp3) is 0.250. The van der Waals surface area contributed by atoms with Crippen molar-refractivity contribution in [1.29, 1.82) is 0 Å². The Morgan fingerprint density at radius 2 is 1.95 bits per heavy atom. The van der Waals surface area contributed by atoms with Gasteiger partial charge in [0.2, 0.25) is 0 Å². The van der Waals surface area contributed by atoms with Crippen molar-refractivity contribution in [2.24, 2.45) is 0 Å². The van der Waals surface area contributed by atoms with Crippen molar-refractivity contribution in [2.75, 3.05) is 19.0 Å². The van der Waals surface area contributed by atoms with E-state index in [0.717, 1.165) is 12.0 Å². The summed E-state index contributed by atoms with van der Waals surface area (Å²) in [5.41, 5.74) is 2.13. The molecule has 0 aliphatic rings. The molecule has 1 aromatic heterocycles. The summed E-state index contributed by atoms with van der Waals surface area (Å²) in [5.74, 6) is 0.0718. The lowest BCUT2D eigenvalue weighted by molar-refractivity contribution is 0.0599. The van der Waals surface area contributed by atoms with Gasteiger partial charge in [0, 0.05) is 6.54 Å². The minimum atomic E-state index is -0.391. The fourth-order valence-electron chi connectivity index (χ4n) is 1.97. The maximum absolute atomic E-state index is 12.8. The number of ether oxygens (including phenoxy) is 1. The molecule has 4 nitrogen and oxygen atoms in total. The first kappa shape index (κ1) is 15.0. The van der Waals surface area contributed by atoms with Crippen LogP contribution >= 0.6 is 0 Å².